The molecule has 14 heavy (non-hydrogen) atoms. The number of para-hydroxylation sites is 1. The van der Waals surface area contributed by atoms with Crippen molar-refractivity contribution in [2.75, 3.05) is 7.11 Å². The first kappa shape index (κ1) is 9.09. The van der Waals surface area contributed by atoms with E-state index in [0.717, 1.165) is 17.2 Å². The van der Waals surface area contributed by atoms with Gasteiger partial charge in [0.2, 0.25) is 0 Å². The molecule has 0 radical (unpaired) electrons. The molecule has 1 aromatic heterocycles. The van der Waals surface area contributed by atoms with Gasteiger partial charge in [0.25, 0.3) is 0 Å². The van der Waals surface area contributed by atoms with Crippen LogP contribution >= 0.6 is 11.6 Å². The lowest BCUT2D eigenvalue weighted by Gasteiger charge is -1.99. The molecule has 0 saturated heterocycles. The van der Waals surface area contributed by atoms with Crippen LogP contribution in [-0.2, 0) is 0 Å². The maximum atomic E-state index is 10.8. The highest BCUT2D eigenvalue weighted by atomic mass is 35.5. The monoisotopic (exact) mass is 209 g/mol. The van der Waals surface area contributed by atoms with Crippen molar-refractivity contribution in [2.24, 2.45) is 0 Å². The Morgan fingerprint density at radius 1 is 1.50 bits per heavy atom. The van der Waals surface area contributed by atoms with Gasteiger partial charge < -0.3 is 9.72 Å². The third kappa shape index (κ3) is 1.17. The number of ether oxygens (including phenoxy) is 1. The average Bonchev–Trinajstić information content (AvgIpc) is 2.52. The lowest BCUT2D eigenvalue weighted by molar-refractivity contribution is 0.112. The Labute approximate surface area is 85.6 Å². The van der Waals surface area contributed by atoms with Crippen LogP contribution in [0.15, 0.2) is 18.2 Å². The SMILES string of the molecule is COc1cccc2c(C=O)c(Cl)[nH]c12. The maximum Gasteiger partial charge on any atom is 0.153 e. The van der Waals surface area contributed by atoms with Crippen LogP contribution in [-0.4, -0.2) is 18.4 Å². The predicted molar refractivity (Wildman–Crippen MR) is 55.2 cm³/mol. The van der Waals surface area contributed by atoms with Crippen molar-refractivity contribution in [2.45, 2.75) is 0 Å². The average molecular weight is 210 g/mol. The normalized spacial score (nSPS) is 10.4. The summed E-state index contributed by atoms with van der Waals surface area (Å²) in [7, 11) is 1.57. The van der Waals surface area contributed by atoms with Crippen molar-refractivity contribution in [3.05, 3.63) is 28.9 Å². The Morgan fingerprint density at radius 2 is 2.29 bits per heavy atom. The molecule has 0 fully saturated rings. The smallest absolute Gasteiger partial charge is 0.153 e. The van der Waals surface area contributed by atoms with Crippen molar-refractivity contribution < 1.29 is 9.53 Å². The number of hydrogen-bond donors (Lipinski definition) is 1. The van der Waals surface area contributed by atoms with Crippen LogP contribution < -0.4 is 4.74 Å². The topological polar surface area (TPSA) is 42.1 Å². The van der Waals surface area contributed by atoms with Crippen LogP contribution in [0, 0.1) is 0 Å². The molecule has 4 heteroatoms. The zero-order valence-corrected chi connectivity index (χ0v) is 8.26. The maximum absolute atomic E-state index is 10.8. The molecule has 1 heterocycles. The van der Waals surface area contributed by atoms with Gasteiger partial charge in [0.1, 0.15) is 10.9 Å². The molecule has 2 aromatic rings. The van der Waals surface area contributed by atoms with Crippen molar-refractivity contribution in [1.29, 1.82) is 0 Å². The van der Waals surface area contributed by atoms with Crippen molar-refractivity contribution >= 4 is 28.8 Å². The van der Waals surface area contributed by atoms with Crippen LogP contribution in [0.4, 0.5) is 0 Å². The number of carbonyl (C=O) groups excluding carboxylic acids is 1. The molecule has 3 nitrogen and oxygen atoms in total. The van der Waals surface area contributed by atoms with E-state index in [9.17, 15) is 4.79 Å². The molecule has 0 aliphatic carbocycles. The number of hydrogen-bond acceptors (Lipinski definition) is 2. The van der Waals surface area contributed by atoms with Crippen LogP contribution in [0.1, 0.15) is 10.4 Å². The van der Waals surface area contributed by atoms with Crippen molar-refractivity contribution in [3.63, 3.8) is 0 Å². The minimum absolute atomic E-state index is 0.347. The summed E-state index contributed by atoms with van der Waals surface area (Å²) in [6, 6.07) is 5.45. The number of carbonyl (C=O) groups is 1. The second kappa shape index (κ2) is 3.35. The molecule has 0 atom stereocenters. The Bertz CT molecular complexity index is 490. The zero-order valence-electron chi connectivity index (χ0n) is 7.50. The molecule has 0 unspecified atom stereocenters. The molecule has 0 aliphatic heterocycles. The van der Waals surface area contributed by atoms with E-state index in [-0.39, 0.29) is 0 Å². The third-order valence-electron chi connectivity index (χ3n) is 2.13. The predicted octanol–water partition coefficient (Wildman–Crippen LogP) is 2.64. The summed E-state index contributed by atoms with van der Waals surface area (Å²) in [6.07, 6.45) is 0.737. The number of aromatic amines is 1. The number of fused-ring (bicyclic) bond motifs is 1. The van der Waals surface area contributed by atoms with Crippen LogP contribution in [0.25, 0.3) is 10.9 Å². The van der Waals surface area contributed by atoms with E-state index in [4.69, 9.17) is 16.3 Å². The summed E-state index contributed by atoms with van der Waals surface area (Å²) >= 11 is 5.85. The highest BCUT2D eigenvalue weighted by Crippen LogP contribution is 2.30. The van der Waals surface area contributed by atoms with Gasteiger partial charge in [0.15, 0.2) is 6.29 Å². The lowest BCUT2D eigenvalue weighted by atomic mass is 10.2. The molecule has 0 bridgehead atoms. The zero-order chi connectivity index (χ0) is 10.1. The third-order valence-corrected chi connectivity index (χ3v) is 2.42. The summed E-state index contributed by atoms with van der Waals surface area (Å²) in [5.41, 5.74) is 1.22. The van der Waals surface area contributed by atoms with Crippen LogP contribution in [0.2, 0.25) is 5.15 Å². The van der Waals surface area contributed by atoms with Gasteiger partial charge >= 0.3 is 0 Å². The van der Waals surface area contributed by atoms with Crippen LogP contribution in [0.5, 0.6) is 5.75 Å². The molecular formula is C10H8ClNO2. The van der Waals surface area contributed by atoms with Gasteiger partial charge in [-0.1, -0.05) is 23.7 Å². The fraction of sp³-hybridized carbons (Fsp3) is 0.100. The summed E-state index contributed by atoms with van der Waals surface area (Å²) in [5, 5.41) is 1.13. The molecule has 72 valence electrons. The number of halogens is 1. The van der Waals surface area contributed by atoms with Gasteiger partial charge in [-0.05, 0) is 6.07 Å². The summed E-state index contributed by atoms with van der Waals surface area (Å²) in [4.78, 5) is 13.7. The van der Waals surface area contributed by atoms with Gasteiger partial charge in [-0.3, -0.25) is 4.79 Å². The van der Waals surface area contributed by atoms with Gasteiger partial charge in [-0.2, -0.15) is 0 Å². The minimum atomic E-state index is 0.347. The molecule has 0 amide bonds. The number of aldehydes is 1. The van der Waals surface area contributed by atoms with E-state index in [1.807, 2.05) is 18.2 Å². The molecule has 0 saturated carbocycles. The summed E-state index contributed by atoms with van der Waals surface area (Å²) in [6.45, 7) is 0. The van der Waals surface area contributed by atoms with Crippen LogP contribution in [0.3, 0.4) is 0 Å². The standard InChI is InChI=1S/C10H8ClNO2/c1-14-8-4-2-3-6-7(5-13)10(11)12-9(6)8/h2-5,12H,1H3. The number of benzene rings is 1. The molecule has 1 aromatic carbocycles. The Balaban J connectivity index is 2.85. The molecule has 2 rings (SSSR count). The van der Waals surface area contributed by atoms with Crippen molar-refractivity contribution in [3.8, 4) is 5.75 Å². The van der Waals surface area contributed by atoms with E-state index >= 15 is 0 Å². The van der Waals surface area contributed by atoms with E-state index in [0.29, 0.717) is 16.5 Å². The molecule has 0 aliphatic rings. The molecular weight excluding hydrogens is 202 g/mol. The highest BCUT2D eigenvalue weighted by molar-refractivity contribution is 6.34. The van der Waals surface area contributed by atoms with Crippen molar-refractivity contribution in [1.82, 2.24) is 4.98 Å². The highest BCUT2D eigenvalue weighted by Gasteiger charge is 2.11. The number of methoxy groups -OCH3 is 1. The summed E-state index contributed by atoms with van der Waals surface area (Å²) < 4.78 is 5.13. The first-order valence-electron chi connectivity index (χ1n) is 4.07. The van der Waals surface area contributed by atoms with Gasteiger partial charge in [0, 0.05) is 5.39 Å². The Kier molecular flexibility index (Phi) is 2.17. The van der Waals surface area contributed by atoms with E-state index in [1.165, 1.54) is 0 Å². The number of H-pyrrole nitrogens is 1. The number of nitrogens with one attached hydrogen (secondary N) is 1. The molecule has 0 spiro atoms. The Hall–Kier alpha value is -1.48. The number of aromatic nitrogens is 1. The fourth-order valence-corrected chi connectivity index (χ4v) is 1.71. The first-order chi connectivity index (χ1) is 6.77. The van der Waals surface area contributed by atoms with E-state index in [1.54, 1.807) is 7.11 Å². The summed E-state index contributed by atoms with van der Waals surface area (Å²) in [5.74, 6) is 0.678. The van der Waals surface area contributed by atoms with E-state index < -0.39 is 0 Å². The van der Waals surface area contributed by atoms with E-state index in [2.05, 4.69) is 4.98 Å². The second-order valence-corrected chi connectivity index (χ2v) is 3.23. The fourth-order valence-electron chi connectivity index (χ4n) is 1.47. The first-order valence-corrected chi connectivity index (χ1v) is 4.45. The largest absolute Gasteiger partial charge is 0.495 e. The quantitative estimate of drug-likeness (QED) is 0.773. The molecule has 1 N–H and O–H groups in total. The van der Waals surface area contributed by atoms with Gasteiger partial charge in [-0.25, -0.2) is 0 Å². The lowest BCUT2D eigenvalue weighted by Crippen LogP contribution is -1.83. The van der Waals surface area contributed by atoms with Gasteiger partial charge in [-0.15, -0.1) is 0 Å². The Morgan fingerprint density at radius 3 is 2.93 bits per heavy atom. The second-order valence-electron chi connectivity index (χ2n) is 2.85. The minimum Gasteiger partial charge on any atom is -0.495 e. The van der Waals surface area contributed by atoms with Gasteiger partial charge in [0.05, 0.1) is 18.2 Å². The number of rotatable bonds is 2.